The topological polar surface area (TPSA) is 43.4 Å². The molecule has 5 aromatic carbocycles. The average molecular weight is 382 g/mol. The molecule has 0 spiro atoms. The molecule has 0 aromatic heterocycles. The van der Waals surface area contributed by atoms with Crippen LogP contribution in [0.3, 0.4) is 0 Å². The molecule has 0 saturated heterocycles. The first kappa shape index (κ1) is 18.9. The van der Waals surface area contributed by atoms with Gasteiger partial charge in [-0.05, 0) is 56.1 Å². The average Bonchev–Trinajstić information content (AvgIpc) is 2.76. The monoisotopic (exact) mass is 382 g/mol. The third kappa shape index (κ3) is 3.64. The van der Waals surface area contributed by atoms with Crippen LogP contribution < -0.4 is 0 Å². The predicted molar refractivity (Wildman–Crippen MR) is 120 cm³/mol. The highest BCUT2D eigenvalue weighted by atomic mass is 16.5. The Morgan fingerprint density at radius 3 is 2.24 bits per heavy atom. The number of aldehydes is 1. The third-order valence-corrected chi connectivity index (χ3v) is 5.14. The van der Waals surface area contributed by atoms with Crippen molar-refractivity contribution in [3.05, 3.63) is 72.8 Å². The minimum atomic E-state index is -0.301. The van der Waals surface area contributed by atoms with E-state index in [9.17, 15) is 9.59 Å². The van der Waals surface area contributed by atoms with Gasteiger partial charge in [-0.2, -0.15) is 0 Å². The van der Waals surface area contributed by atoms with Gasteiger partial charge >= 0.3 is 5.97 Å². The second-order valence-corrected chi connectivity index (χ2v) is 6.96. The van der Waals surface area contributed by atoms with Gasteiger partial charge in [0, 0.05) is 6.42 Å². The minimum Gasteiger partial charge on any atom is -0.466 e. The Morgan fingerprint density at radius 2 is 1.48 bits per heavy atom. The largest absolute Gasteiger partial charge is 0.466 e. The van der Waals surface area contributed by atoms with Crippen LogP contribution in [-0.2, 0) is 14.3 Å². The number of esters is 1. The SMILES string of the molecule is CCOC(=O)CCC=O.c1ccc2c(c1)cc1ccc3cccc4ccc2c1c34. The van der Waals surface area contributed by atoms with Gasteiger partial charge in [0.15, 0.2) is 0 Å². The van der Waals surface area contributed by atoms with Crippen molar-refractivity contribution in [2.75, 3.05) is 6.61 Å². The van der Waals surface area contributed by atoms with Gasteiger partial charge in [-0.15, -0.1) is 0 Å². The Kier molecular flexibility index (Phi) is 5.39. The van der Waals surface area contributed by atoms with Crippen LogP contribution in [0, 0.1) is 0 Å². The van der Waals surface area contributed by atoms with Gasteiger partial charge in [-0.1, -0.05) is 66.7 Å². The molecule has 3 heteroatoms. The summed E-state index contributed by atoms with van der Waals surface area (Å²) in [6, 6.07) is 26.5. The number of rotatable bonds is 4. The van der Waals surface area contributed by atoms with Gasteiger partial charge in [-0.3, -0.25) is 4.79 Å². The van der Waals surface area contributed by atoms with Crippen molar-refractivity contribution in [3.63, 3.8) is 0 Å². The van der Waals surface area contributed by atoms with Crippen molar-refractivity contribution >= 4 is 55.3 Å². The summed E-state index contributed by atoms with van der Waals surface area (Å²) < 4.78 is 4.55. The number of benzene rings is 5. The summed E-state index contributed by atoms with van der Waals surface area (Å²) in [6.45, 7) is 2.12. The van der Waals surface area contributed by atoms with Crippen molar-refractivity contribution < 1.29 is 14.3 Å². The van der Waals surface area contributed by atoms with E-state index in [0.717, 1.165) is 0 Å². The Bertz CT molecular complexity index is 1290. The summed E-state index contributed by atoms with van der Waals surface area (Å²) in [5.74, 6) is -0.301. The molecule has 0 radical (unpaired) electrons. The fourth-order valence-corrected chi connectivity index (χ4v) is 3.90. The molecule has 0 aliphatic carbocycles. The fourth-order valence-electron chi connectivity index (χ4n) is 3.90. The van der Waals surface area contributed by atoms with E-state index in [4.69, 9.17) is 0 Å². The molecule has 0 amide bonds. The molecule has 0 bridgehead atoms. The molecule has 5 aromatic rings. The molecule has 29 heavy (non-hydrogen) atoms. The number of fused-ring (bicyclic) bond motifs is 2. The molecule has 0 aliphatic rings. The van der Waals surface area contributed by atoms with E-state index < -0.39 is 0 Å². The van der Waals surface area contributed by atoms with Crippen molar-refractivity contribution in [1.29, 1.82) is 0 Å². The third-order valence-electron chi connectivity index (χ3n) is 5.14. The first-order valence-corrected chi connectivity index (χ1v) is 9.87. The van der Waals surface area contributed by atoms with Crippen molar-refractivity contribution in [2.45, 2.75) is 19.8 Å². The highest BCUT2D eigenvalue weighted by Gasteiger charge is 2.10. The van der Waals surface area contributed by atoms with Crippen LogP contribution >= 0.6 is 0 Å². The van der Waals surface area contributed by atoms with Gasteiger partial charge in [-0.25, -0.2) is 0 Å². The Hall–Kier alpha value is -3.46. The second kappa shape index (κ2) is 8.27. The highest BCUT2D eigenvalue weighted by molar-refractivity contribution is 6.28. The van der Waals surface area contributed by atoms with Crippen LogP contribution in [0.2, 0.25) is 0 Å². The molecular weight excluding hydrogens is 360 g/mol. The molecule has 0 unspecified atom stereocenters. The Morgan fingerprint density at radius 1 is 0.793 bits per heavy atom. The first-order chi connectivity index (χ1) is 14.2. The van der Waals surface area contributed by atoms with E-state index >= 15 is 0 Å². The van der Waals surface area contributed by atoms with Gasteiger partial charge in [0.1, 0.15) is 6.29 Å². The van der Waals surface area contributed by atoms with E-state index in [2.05, 4.69) is 77.5 Å². The molecule has 5 rings (SSSR count). The number of ether oxygens (including phenoxy) is 1. The standard InChI is InChI=1S/C20H12.C6H10O3/c1-2-7-17-15(4-1)12-16-9-8-13-5-3-6-14-10-11-18(17)20(16)19(13)14;1-2-9-6(8)4-3-5-7/h1-12H;5H,2-4H2,1H3. The zero-order chi connectivity index (χ0) is 20.2. The summed E-state index contributed by atoms with van der Waals surface area (Å²) in [5.41, 5.74) is 0. The number of hydrogen-bond donors (Lipinski definition) is 0. The molecule has 0 fully saturated rings. The van der Waals surface area contributed by atoms with E-state index in [-0.39, 0.29) is 18.8 Å². The van der Waals surface area contributed by atoms with Crippen LogP contribution in [0.15, 0.2) is 72.8 Å². The molecule has 0 atom stereocenters. The Labute approximate surface area is 169 Å². The van der Waals surface area contributed by atoms with Gasteiger partial charge in [0.25, 0.3) is 0 Å². The number of carbonyl (C=O) groups excluding carboxylic acids is 2. The lowest BCUT2D eigenvalue weighted by molar-refractivity contribution is -0.143. The summed E-state index contributed by atoms with van der Waals surface area (Å²) >= 11 is 0. The lowest BCUT2D eigenvalue weighted by Gasteiger charge is -2.12. The summed E-state index contributed by atoms with van der Waals surface area (Å²) in [6.07, 6.45) is 1.17. The second-order valence-electron chi connectivity index (χ2n) is 6.96. The lowest BCUT2D eigenvalue weighted by atomic mass is 9.91. The molecule has 0 aliphatic heterocycles. The van der Waals surface area contributed by atoms with Gasteiger partial charge in [0.05, 0.1) is 13.0 Å². The minimum absolute atomic E-state index is 0.206. The molecule has 3 nitrogen and oxygen atoms in total. The summed E-state index contributed by atoms with van der Waals surface area (Å²) in [4.78, 5) is 20.1. The molecule has 0 N–H and O–H groups in total. The zero-order valence-corrected chi connectivity index (χ0v) is 16.4. The lowest BCUT2D eigenvalue weighted by Crippen LogP contribution is -2.03. The van der Waals surface area contributed by atoms with Crippen molar-refractivity contribution in [2.24, 2.45) is 0 Å². The van der Waals surface area contributed by atoms with Crippen LogP contribution in [0.5, 0.6) is 0 Å². The number of hydrogen-bond acceptors (Lipinski definition) is 3. The summed E-state index contributed by atoms with van der Waals surface area (Å²) in [5, 5.41) is 10.8. The maximum atomic E-state index is 10.4. The van der Waals surface area contributed by atoms with Crippen LogP contribution in [0.25, 0.3) is 43.1 Å². The fraction of sp³-hybridized carbons (Fsp3) is 0.154. The smallest absolute Gasteiger partial charge is 0.306 e. The predicted octanol–water partition coefficient (Wildman–Crippen LogP) is 6.27. The highest BCUT2D eigenvalue weighted by Crippen LogP contribution is 2.38. The normalized spacial score (nSPS) is 10.9. The molecule has 0 saturated carbocycles. The quantitative estimate of drug-likeness (QED) is 0.159. The first-order valence-electron chi connectivity index (χ1n) is 9.87. The van der Waals surface area contributed by atoms with Crippen LogP contribution in [-0.4, -0.2) is 18.9 Å². The molecular formula is C26H22O3. The van der Waals surface area contributed by atoms with E-state index in [0.29, 0.717) is 12.9 Å². The van der Waals surface area contributed by atoms with Gasteiger partial charge in [0.2, 0.25) is 0 Å². The Balaban J connectivity index is 0.000000196. The van der Waals surface area contributed by atoms with Crippen molar-refractivity contribution in [1.82, 2.24) is 0 Å². The molecule has 0 heterocycles. The maximum absolute atomic E-state index is 10.4. The molecule has 144 valence electrons. The summed E-state index contributed by atoms with van der Waals surface area (Å²) in [7, 11) is 0. The van der Waals surface area contributed by atoms with E-state index in [1.807, 2.05) is 0 Å². The van der Waals surface area contributed by atoms with Crippen LogP contribution in [0.1, 0.15) is 19.8 Å². The number of carbonyl (C=O) groups is 2. The van der Waals surface area contributed by atoms with Crippen molar-refractivity contribution in [3.8, 4) is 0 Å². The van der Waals surface area contributed by atoms with E-state index in [1.54, 1.807) is 6.92 Å². The zero-order valence-electron chi connectivity index (χ0n) is 16.4. The maximum Gasteiger partial charge on any atom is 0.306 e. The van der Waals surface area contributed by atoms with Crippen LogP contribution in [0.4, 0.5) is 0 Å². The van der Waals surface area contributed by atoms with Gasteiger partial charge < -0.3 is 9.53 Å². The van der Waals surface area contributed by atoms with E-state index in [1.165, 1.54) is 43.1 Å².